The number of piperazine rings is 1. The molecule has 0 bridgehead atoms. The first-order chi connectivity index (χ1) is 14.0. The molecule has 3 aromatic rings. The van der Waals surface area contributed by atoms with Crippen LogP contribution in [0.3, 0.4) is 0 Å². The van der Waals surface area contributed by atoms with Crippen molar-refractivity contribution < 1.29 is 13.6 Å². The SMILES string of the molecule is CC(=O)c1ccc(N2CCN(Cc3nnc(-c4cccc(Br)c4)o3)CC2)c(F)c1. The van der Waals surface area contributed by atoms with Crippen molar-refractivity contribution in [3.05, 3.63) is 64.2 Å². The van der Waals surface area contributed by atoms with E-state index in [0.29, 0.717) is 42.7 Å². The summed E-state index contributed by atoms with van der Waals surface area (Å²) in [5.41, 5.74) is 1.79. The number of aromatic nitrogens is 2. The molecule has 0 unspecified atom stereocenters. The molecule has 0 amide bonds. The molecule has 0 atom stereocenters. The number of anilines is 1. The molecule has 0 aliphatic carbocycles. The maximum Gasteiger partial charge on any atom is 0.247 e. The highest BCUT2D eigenvalue weighted by atomic mass is 79.9. The Hall–Kier alpha value is -2.58. The minimum atomic E-state index is -0.360. The highest BCUT2D eigenvalue weighted by Crippen LogP contribution is 2.24. The van der Waals surface area contributed by atoms with Gasteiger partial charge in [0.15, 0.2) is 5.78 Å². The van der Waals surface area contributed by atoms with Crippen molar-refractivity contribution in [2.45, 2.75) is 13.5 Å². The van der Waals surface area contributed by atoms with Gasteiger partial charge in [-0.3, -0.25) is 9.69 Å². The molecule has 6 nitrogen and oxygen atoms in total. The highest BCUT2D eigenvalue weighted by molar-refractivity contribution is 9.10. The monoisotopic (exact) mass is 458 g/mol. The number of Topliss-reactive ketones (excluding diaryl/α,β-unsaturated/α-hetero) is 1. The number of nitrogens with zero attached hydrogens (tertiary/aromatic N) is 4. The molecule has 4 rings (SSSR count). The van der Waals surface area contributed by atoms with Crippen LogP contribution in [-0.2, 0) is 6.54 Å². The zero-order valence-corrected chi connectivity index (χ0v) is 17.5. The Bertz CT molecular complexity index is 1030. The van der Waals surface area contributed by atoms with Gasteiger partial charge in [-0.05, 0) is 43.3 Å². The number of carbonyl (C=O) groups is 1. The number of carbonyl (C=O) groups excluding carboxylic acids is 1. The average Bonchev–Trinajstić information content (AvgIpc) is 3.17. The van der Waals surface area contributed by atoms with Gasteiger partial charge in [0.25, 0.3) is 0 Å². The van der Waals surface area contributed by atoms with Gasteiger partial charge in [-0.15, -0.1) is 10.2 Å². The number of halogens is 2. The van der Waals surface area contributed by atoms with Crippen molar-refractivity contribution in [3.63, 3.8) is 0 Å². The van der Waals surface area contributed by atoms with E-state index >= 15 is 0 Å². The van der Waals surface area contributed by atoms with E-state index in [-0.39, 0.29) is 11.6 Å². The van der Waals surface area contributed by atoms with Gasteiger partial charge in [0.1, 0.15) is 5.82 Å². The maximum atomic E-state index is 14.4. The molecular formula is C21H20BrFN4O2. The topological polar surface area (TPSA) is 62.5 Å². The summed E-state index contributed by atoms with van der Waals surface area (Å²) in [5, 5.41) is 8.29. The fourth-order valence-corrected chi connectivity index (χ4v) is 3.78. The molecule has 2 heterocycles. The summed E-state index contributed by atoms with van der Waals surface area (Å²) < 4.78 is 21.1. The first kappa shape index (κ1) is 19.7. The summed E-state index contributed by atoms with van der Waals surface area (Å²) in [4.78, 5) is 15.6. The van der Waals surface area contributed by atoms with Crippen LogP contribution in [0.15, 0.2) is 51.4 Å². The van der Waals surface area contributed by atoms with Crippen LogP contribution in [-0.4, -0.2) is 47.1 Å². The fourth-order valence-electron chi connectivity index (χ4n) is 3.38. The zero-order valence-electron chi connectivity index (χ0n) is 15.9. The molecule has 1 aliphatic rings. The molecule has 1 fully saturated rings. The van der Waals surface area contributed by atoms with Crippen LogP contribution in [0.2, 0.25) is 0 Å². The lowest BCUT2D eigenvalue weighted by atomic mass is 10.1. The van der Waals surface area contributed by atoms with Gasteiger partial charge in [-0.1, -0.05) is 22.0 Å². The van der Waals surface area contributed by atoms with Gasteiger partial charge < -0.3 is 9.32 Å². The second-order valence-corrected chi connectivity index (χ2v) is 7.91. The molecule has 0 radical (unpaired) electrons. The minimum Gasteiger partial charge on any atom is -0.419 e. The Labute approximate surface area is 176 Å². The Morgan fingerprint density at radius 2 is 1.93 bits per heavy atom. The number of hydrogen-bond acceptors (Lipinski definition) is 6. The van der Waals surface area contributed by atoms with E-state index in [0.717, 1.165) is 23.1 Å². The van der Waals surface area contributed by atoms with Crippen molar-refractivity contribution >= 4 is 27.4 Å². The van der Waals surface area contributed by atoms with E-state index in [4.69, 9.17) is 4.42 Å². The lowest BCUT2D eigenvalue weighted by Gasteiger charge is -2.35. The summed E-state index contributed by atoms with van der Waals surface area (Å²) in [6.45, 7) is 4.87. The molecule has 8 heteroatoms. The standard InChI is InChI=1S/C21H20BrFN4O2/c1-14(28)15-5-6-19(18(23)12-15)27-9-7-26(8-10-27)13-20-24-25-21(29-20)16-3-2-4-17(22)11-16/h2-6,11-12H,7-10,13H2,1H3. The van der Waals surface area contributed by atoms with E-state index < -0.39 is 0 Å². The molecule has 0 spiro atoms. The molecule has 1 saturated heterocycles. The molecule has 2 aromatic carbocycles. The smallest absolute Gasteiger partial charge is 0.247 e. The van der Waals surface area contributed by atoms with Crippen LogP contribution in [0.1, 0.15) is 23.2 Å². The second-order valence-electron chi connectivity index (χ2n) is 7.00. The van der Waals surface area contributed by atoms with Crippen molar-refractivity contribution in [1.29, 1.82) is 0 Å². The third-order valence-electron chi connectivity index (χ3n) is 4.96. The maximum absolute atomic E-state index is 14.4. The predicted molar refractivity (Wildman–Crippen MR) is 111 cm³/mol. The largest absolute Gasteiger partial charge is 0.419 e. The van der Waals surface area contributed by atoms with Crippen LogP contribution >= 0.6 is 15.9 Å². The van der Waals surface area contributed by atoms with Gasteiger partial charge in [0.2, 0.25) is 11.8 Å². The van der Waals surface area contributed by atoms with Crippen LogP contribution in [0.4, 0.5) is 10.1 Å². The van der Waals surface area contributed by atoms with Crippen molar-refractivity contribution in [2.75, 3.05) is 31.1 Å². The first-order valence-electron chi connectivity index (χ1n) is 9.36. The van der Waals surface area contributed by atoms with Gasteiger partial charge in [-0.25, -0.2) is 4.39 Å². The summed E-state index contributed by atoms with van der Waals surface area (Å²) in [6, 6.07) is 12.4. The highest BCUT2D eigenvalue weighted by Gasteiger charge is 2.22. The molecule has 0 saturated carbocycles. The van der Waals surface area contributed by atoms with Gasteiger partial charge >= 0.3 is 0 Å². The number of ketones is 1. The Kier molecular flexibility index (Phi) is 5.73. The first-order valence-corrected chi connectivity index (χ1v) is 10.1. The van der Waals surface area contributed by atoms with Crippen LogP contribution in [0.25, 0.3) is 11.5 Å². The van der Waals surface area contributed by atoms with Crippen LogP contribution in [0.5, 0.6) is 0 Å². The number of hydrogen-bond donors (Lipinski definition) is 0. The molecule has 0 N–H and O–H groups in total. The van der Waals surface area contributed by atoms with Crippen LogP contribution in [0, 0.1) is 5.82 Å². The average molecular weight is 459 g/mol. The molecule has 150 valence electrons. The second kappa shape index (κ2) is 8.42. The lowest BCUT2D eigenvalue weighted by molar-refractivity contribution is 0.101. The zero-order chi connectivity index (χ0) is 20.4. The van der Waals surface area contributed by atoms with Gasteiger partial charge in [0.05, 0.1) is 12.2 Å². The van der Waals surface area contributed by atoms with Gasteiger partial charge in [-0.2, -0.15) is 0 Å². The molecule has 1 aliphatic heterocycles. The van der Waals surface area contributed by atoms with Gasteiger partial charge in [0, 0.05) is 41.8 Å². The number of benzene rings is 2. The minimum absolute atomic E-state index is 0.137. The lowest BCUT2D eigenvalue weighted by Crippen LogP contribution is -2.46. The van der Waals surface area contributed by atoms with Crippen molar-refractivity contribution in [2.24, 2.45) is 0 Å². The summed E-state index contributed by atoms with van der Waals surface area (Å²) in [7, 11) is 0. The Morgan fingerprint density at radius 1 is 1.14 bits per heavy atom. The van der Waals surface area contributed by atoms with Crippen LogP contribution < -0.4 is 4.90 Å². The number of rotatable bonds is 5. The predicted octanol–water partition coefficient (Wildman–Crippen LogP) is 4.16. The summed E-state index contributed by atoms with van der Waals surface area (Å²) in [5.74, 6) is 0.557. The summed E-state index contributed by atoms with van der Waals surface area (Å²) in [6.07, 6.45) is 0. The van der Waals surface area contributed by atoms with Crippen molar-refractivity contribution in [1.82, 2.24) is 15.1 Å². The van der Waals surface area contributed by atoms with E-state index in [1.54, 1.807) is 12.1 Å². The van der Waals surface area contributed by atoms with E-state index in [1.165, 1.54) is 13.0 Å². The molecule has 29 heavy (non-hydrogen) atoms. The normalized spacial score (nSPS) is 14.9. The molecule has 1 aromatic heterocycles. The fraction of sp³-hybridized carbons (Fsp3) is 0.286. The van der Waals surface area contributed by atoms with E-state index in [2.05, 4.69) is 31.0 Å². The third-order valence-corrected chi connectivity index (χ3v) is 5.46. The Balaban J connectivity index is 1.36. The summed E-state index contributed by atoms with van der Waals surface area (Å²) >= 11 is 3.44. The van der Waals surface area contributed by atoms with E-state index in [9.17, 15) is 9.18 Å². The molecular weight excluding hydrogens is 439 g/mol. The Morgan fingerprint density at radius 3 is 2.62 bits per heavy atom. The van der Waals surface area contributed by atoms with E-state index in [1.807, 2.05) is 29.2 Å². The third kappa shape index (κ3) is 4.54. The quantitative estimate of drug-likeness (QED) is 0.534. The van der Waals surface area contributed by atoms with Crippen molar-refractivity contribution in [3.8, 4) is 11.5 Å².